The molecule has 354 valence electrons. The third-order valence-electron chi connectivity index (χ3n) is 9.04. The molecule has 1 aliphatic carbocycles. The van der Waals surface area contributed by atoms with Crippen LogP contribution in [-0.4, -0.2) is 187 Å². The van der Waals surface area contributed by atoms with Gasteiger partial charge in [-0.05, 0) is 89.5 Å². The largest absolute Gasteiger partial charge is 0.444 e. The van der Waals surface area contributed by atoms with Gasteiger partial charge in [-0.1, -0.05) is 0 Å². The van der Waals surface area contributed by atoms with Gasteiger partial charge in [-0.25, -0.2) is 19.2 Å². The number of ether oxygens (including phenoxy) is 8. The van der Waals surface area contributed by atoms with E-state index in [4.69, 9.17) is 37.9 Å². The molecule has 11 N–H and O–H groups in total. The molecule has 4 amide bonds. The van der Waals surface area contributed by atoms with E-state index in [1.165, 1.54) is 0 Å². The van der Waals surface area contributed by atoms with Crippen molar-refractivity contribution in [2.75, 3.05) is 13.2 Å². The van der Waals surface area contributed by atoms with Crippen LogP contribution in [0.15, 0.2) is 0 Å². The van der Waals surface area contributed by atoms with Crippen LogP contribution in [0.2, 0.25) is 0 Å². The normalized spacial score (nSPS) is 35.0. The Morgan fingerprint density at radius 3 is 1.33 bits per heavy atom. The van der Waals surface area contributed by atoms with Gasteiger partial charge in [0.1, 0.15) is 83.4 Å². The highest BCUT2D eigenvalue weighted by molar-refractivity contribution is 5.70. The molecule has 0 bridgehead atoms. The van der Waals surface area contributed by atoms with Crippen molar-refractivity contribution >= 4 is 24.4 Å². The molecule has 3 aliphatic rings. The molecule has 2 heterocycles. The molecular formula is C38H68N4O19. The quantitative estimate of drug-likeness (QED) is 0.117. The van der Waals surface area contributed by atoms with E-state index in [0.717, 1.165) is 0 Å². The molecular weight excluding hydrogens is 816 g/mol. The third-order valence-corrected chi connectivity index (χ3v) is 9.04. The number of nitrogens with one attached hydrogen (secondary N) is 4. The van der Waals surface area contributed by atoms with Crippen LogP contribution in [0.4, 0.5) is 19.2 Å². The molecule has 0 spiro atoms. The van der Waals surface area contributed by atoms with E-state index < -0.39 is 152 Å². The number of aliphatic hydroxyl groups is 7. The highest BCUT2D eigenvalue weighted by Crippen LogP contribution is 2.34. The highest BCUT2D eigenvalue weighted by Gasteiger charge is 2.54. The van der Waals surface area contributed by atoms with E-state index >= 15 is 0 Å². The van der Waals surface area contributed by atoms with Gasteiger partial charge < -0.3 is 94.9 Å². The summed E-state index contributed by atoms with van der Waals surface area (Å²) in [4.78, 5) is 51.6. The molecule has 0 aromatic carbocycles. The maximum Gasteiger partial charge on any atom is 0.408 e. The van der Waals surface area contributed by atoms with Gasteiger partial charge in [-0.3, -0.25) is 0 Å². The van der Waals surface area contributed by atoms with Crippen LogP contribution in [0, 0.1) is 0 Å². The number of carbonyl (C=O) groups is 4. The number of amides is 4. The molecule has 0 aromatic rings. The van der Waals surface area contributed by atoms with E-state index in [1.807, 2.05) is 0 Å². The Labute approximate surface area is 355 Å². The first-order valence-electron chi connectivity index (χ1n) is 20.1. The zero-order valence-electron chi connectivity index (χ0n) is 36.8. The van der Waals surface area contributed by atoms with Crippen LogP contribution in [0.25, 0.3) is 0 Å². The lowest BCUT2D eigenvalue weighted by Crippen LogP contribution is -2.70. The number of hydrogen-bond acceptors (Lipinski definition) is 19. The molecule has 0 radical (unpaired) electrons. The van der Waals surface area contributed by atoms with Gasteiger partial charge in [0.25, 0.3) is 0 Å². The van der Waals surface area contributed by atoms with Gasteiger partial charge in [0.05, 0.1) is 24.7 Å². The smallest absolute Gasteiger partial charge is 0.408 e. The fraction of sp³-hybridized carbons (Fsp3) is 0.895. The van der Waals surface area contributed by atoms with Crippen molar-refractivity contribution in [3.05, 3.63) is 0 Å². The molecule has 23 heteroatoms. The fourth-order valence-electron chi connectivity index (χ4n) is 6.57. The lowest BCUT2D eigenvalue weighted by atomic mass is 9.83. The van der Waals surface area contributed by atoms with Gasteiger partial charge in [0.15, 0.2) is 12.6 Å². The summed E-state index contributed by atoms with van der Waals surface area (Å²) in [5.74, 6) is 0. The van der Waals surface area contributed by atoms with Gasteiger partial charge >= 0.3 is 24.4 Å². The topological polar surface area (TPSA) is 332 Å². The van der Waals surface area contributed by atoms with Crippen molar-refractivity contribution in [2.45, 2.75) is 204 Å². The second kappa shape index (κ2) is 20.4. The SMILES string of the molecule is CC(C)(C)OC(=O)NCC1O[C@H](O[C@@H]2C(NC(=O)OC(C)(C)C)C[C@@H](NC(=O)OC(C)(C)C)[C@@H](O[C@H]3OC(CO)[C@@H](O)[C@@H](NC(=O)OC(C)(C)C)C3O)C2O)C(O)[C@@H](O)[C@@H]1O. The standard InChI is InChI=1S/C38H68N4O19/c1-35(2,3)58-31(50)39-14-18-22(45)24(47)25(48)30(54-18)57-28-17(41-33(52)60-37(7,8)9)13-16(40-32(51)59-36(4,5)6)27(26(28)49)56-29-23(46)20(21(44)19(15-43)55-29)42-34(53)61-38(10,11)12/h16-30,43-49H,13-15H2,1-12H3,(H,39,50)(H,40,51)(H,41,52)(H,42,53)/t16-,17?,18?,19?,20-,21-,22-,23?,24+,25?,26?,27-,28-,29-,30-/m1/s1. The first-order valence-corrected chi connectivity index (χ1v) is 20.1. The van der Waals surface area contributed by atoms with Crippen LogP contribution in [0.1, 0.15) is 89.5 Å². The van der Waals surface area contributed by atoms with E-state index in [9.17, 15) is 54.9 Å². The number of hydrogen-bond donors (Lipinski definition) is 11. The first kappa shape index (κ1) is 52.0. The van der Waals surface area contributed by atoms with Gasteiger partial charge in [-0.15, -0.1) is 0 Å². The van der Waals surface area contributed by atoms with Crippen LogP contribution in [0.5, 0.6) is 0 Å². The average Bonchev–Trinajstić information content (AvgIpc) is 3.07. The minimum Gasteiger partial charge on any atom is -0.444 e. The predicted molar refractivity (Wildman–Crippen MR) is 209 cm³/mol. The monoisotopic (exact) mass is 884 g/mol. The number of rotatable bonds is 10. The lowest BCUT2D eigenvalue weighted by Gasteiger charge is -2.49. The predicted octanol–water partition coefficient (Wildman–Crippen LogP) is -1.03. The number of aliphatic hydroxyl groups excluding tert-OH is 7. The van der Waals surface area contributed by atoms with Gasteiger partial charge in [0.2, 0.25) is 0 Å². The van der Waals surface area contributed by atoms with Crippen molar-refractivity contribution in [1.29, 1.82) is 0 Å². The second-order valence-corrected chi connectivity index (χ2v) is 19.2. The summed E-state index contributed by atoms with van der Waals surface area (Å²) >= 11 is 0. The molecule has 23 nitrogen and oxygen atoms in total. The molecule has 3 fully saturated rings. The maximum atomic E-state index is 13.2. The summed E-state index contributed by atoms with van der Waals surface area (Å²) in [7, 11) is 0. The molecule has 15 atom stereocenters. The van der Waals surface area contributed by atoms with Gasteiger partial charge in [0, 0.05) is 6.54 Å². The molecule has 1 saturated carbocycles. The van der Waals surface area contributed by atoms with Crippen LogP contribution in [-0.2, 0) is 37.9 Å². The van der Waals surface area contributed by atoms with E-state index in [2.05, 4.69) is 21.3 Å². The Kier molecular flexibility index (Phi) is 17.4. The molecule has 2 saturated heterocycles. The Bertz CT molecular complexity index is 1480. The summed E-state index contributed by atoms with van der Waals surface area (Å²) in [6, 6.07) is -4.26. The molecule has 3 rings (SSSR count). The zero-order valence-corrected chi connectivity index (χ0v) is 36.8. The minimum atomic E-state index is -2.00. The summed E-state index contributed by atoms with van der Waals surface area (Å²) < 4.78 is 45.2. The first-order chi connectivity index (χ1) is 27.8. The highest BCUT2D eigenvalue weighted by atomic mass is 16.7. The Morgan fingerprint density at radius 2 is 0.902 bits per heavy atom. The Morgan fingerprint density at radius 1 is 0.508 bits per heavy atom. The lowest BCUT2D eigenvalue weighted by molar-refractivity contribution is -0.334. The zero-order chi connectivity index (χ0) is 46.6. The summed E-state index contributed by atoms with van der Waals surface area (Å²) in [5.41, 5.74) is -3.90. The van der Waals surface area contributed by atoms with Crippen molar-refractivity contribution in [3.8, 4) is 0 Å². The van der Waals surface area contributed by atoms with Gasteiger partial charge in [-0.2, -0.15) is 0 Å². The van der Waals surface area contributed by atoms with Crippen molar-refractivity contribution < 1.29 is 92.8 Å². The van der Waals surface area contributed by atoms with E-state index in [-0.39, 0.29) is 6.42 Å². The van der Waals surface area contributed by atoms with Crippen LogP contribution >= 0.6 is 0 Å². The van der Waals surface area contributed by atoms with Crippen molar-refractivity contribution in [1.82, 2.24) is 21.3 Å². The number of carbonyl (C=O) groups excluding carboxylic acids is 4. The second-order valence-electron chi connectivity index (χ2n) is 19.2. The van der Waals surface area contributed by atoms with Crippen molar-refractivity contribution in [3.63, 3.8) is 0 Å². The Hall–Kier alpha value is -3.36. The molecule has 0 aromatic heterocycles. The molecule has 6 unspecified atom stereocenters. The van der Waals surface area contributed by atoms with E-state index in [0.29, 0.717) is 0 Å². The van der Waals surface area contributed by atoms with Crippen molar-refractivity contribution in [2.24, 2.45) is 0 Å². The van der Waals surface area contributed by atoms with Crippen LogP contribution < -0.4 is 21.3 Å². The summed E-state index contributed by atoms with van der Waals surface area (Å²) in [6.45, 7) is 17.9. The Balaban J connectivity index is 2.05. The summed E-state index contributed by atoms with van der Waals surface area (Å²) in [6.07, 6.45) is -25.7. The van der Waals surface area contributed by atoms with Crippen LogP contribution in [0.3, 0.4) is 0 Å². The number of alkyl carbamates (subject to hydrolysis) is 4. The molecule has 61 heavy (non-hydrogen) atoms. The third kappa shape index (κ3) is 15.7. The summed E-state index contributed by atoms with van der Waals surface area (Å²) in [5, 5.41) is 87.3. The van der Waals surface area contributed by atoms with E-state index in [1.54, 1.807) is 83.1 Å². The average molecular weight is 885 g/mol. The maximum absolute atomic E-state index is 13.2. The molecule has 2 aliphatic heterocycles. The fourth-order valence-corrected chi connectivity index (χ4v) is 6.57. The minimum absolute atomic E-state index is 0.364.